The second-order valence-corrected chi connectivity index (χ2v) is 8.92. The fourth-order valence-electron chi connectivity index (χ4n) is 3.92. The molecule has 0 fully saturated rings. The number of likely N-dealkylation sites (N-methyl/N-ethyl adjacent to an activating group) is 1. The molecule has 180 valence electrons. The van der Waals surface area contributed by atoms with Gasteiger partial charge in [-0.3, -0.25) is 14.2 Å². The van der Waals surface area contributed by atoms with Crippen molar-refractivity contribution in [3.8, 4) is 5.88 Å². The highest BCUT2D eigenvalue weighted by molar-refractivity contribution is 6.08. The molecule has 0 bridgehead atoms. The Balaban J connectivity index is 1.41. The van der Waals surface area contributed by atoms with Crippen molar-refractivity contribution in [1.29, 1.82) is 0 Å². The largest absolute Gasteiger partial charge is 0.476 e. The third-order valence-electron chi connectivity index (χ3n) is 6.05. The molecule has 7 heteroatoms. The van der Waals surface area contributed by atoms with Crippen LogP contribution >= 0.6 is 0 Å². The van der Waals surface area contributed by atoms with Crippen LogP contribution in [0.15, 0.2) is 65.6 Å². The summed E-state index contributed by atoms with van der Waals surface area (Å²) >= 11 is 0. The molecular formula is C28H30N4O3. The average molecular weight is 471 g/mol. The molecule has 0 aliphatic rings. The van der Waals surface area contributed by atoms with E-state index >= 15 is 0 Å². The molecular weight excluding hydrogens is 440 g/mol. The molecule has 0 saturated carbocycles. The molecule has 2 heterocycles. The average Bonchev–Trinajstić information content (AvgIpc) is 2.85. The van der Waals surface area contributed by atoms with Crippen LogP contribution in [0.1, 0.15) is 32.9 Å². The Bertz CT molecular complexity index is 1390. The summed E-state index contributed by atoms with van der Waals surface area (Å²) in [4.78, 5) is 36.7. The minimum atomic E-state index is -0.0853. The van der Waals surface area contributed by atoms with Crippen LogP contribution in [0.2, 0.25) is 0 Å². The van der Waals surface area contributed by atoms with Gasteiger partial charge < -0.3 is 9.64 Å². The number of pyridine rings is 1. The molecule has 4 aromatic rings. The van der Waals surface area contributed by atoms with Crippen LogP contribution < -0.4 is 10.3 Å². The quantitative estimate of drug-likeness (QED) is 0.348. The maximum atomic E-state index is 12.9. The molecule has 0 amide bonds. The summed E-state index contributed by atoms with van der Waals surface area (Å²) in [5.41, 5.74) is 3.83. The molecule has 7 nitrogen and oxygen atoms in total. The smallest absolute Gasteiger partial charge is 0.261 e. The first kappa shape index (κ1) is 24.3. The third kappa shape index (κ3) is 5.63. The van der Waals surface area contributed by atoms with Crippen LogP contribution in [-0.4, -0.2) is 52.5 Å². The lowest BCUT2D eigenvalue weighted by Gasteiger charge is -2.11. The van der Waals surface area contributed by atoms with E-state index in [1.165, 1.54) is 0 Å². The summed E-state index contributed by atoms with van der Waals surface area (Å²) in [6, 6.07) is 16.7. The van der Waals surface area contributed by atoms with E-state index in [2.05, 4.69) is 4.98 Å². The highest BCUT2D eigenvalue weighted by atomic mass is 16.5. The van der Waals surface area contributed by atoms with E-state index in [0.29, 0.717) is 41.8 Å². The van der Waals surface area contributed by atoms with Gasteiger partial charge in [0.2, 0.25) is 5.88 Å². The predicted octanol–water partition coefficient (Wildman–Crippen LogP) is 3.59. The Hall–Kier alpha value is -3.84. The lowest BCUT2D eigenvalue weighted by atomic mass is 10.0. The molecule has 2 aromatic heterocycles. The van der Waals surface area contributed by atoms with E-state index in [1.807, 2.05) is 68.4 Å². The molecule has 0 atom stereocenters. The highest BCUT2D eigenvalue weighted by Gasteiger charge is 2.12. The van der Waals surface area contributed by atoms with Crippen LogP contribution in [0.3, 0.4) is 0 Å². The van der Waals surface area contributed by atoms with Gasteiger partial charge in [-0.1, -0.05) is 36.4 Å². The summed E-state index contributed by atoms with van der Waals surface area (Å²) in [7, 11) is 5.73. The van der Waals surface area contributed by atoms with Crippen molar-refractivity contribution >= 4 is 16.7 Å². The van der Waals surface area contributed by atoms with Crippen molar-refractivity contribution in [2.45, 2.75) is 19.8 Å². The van der Waals surface area contributed by atoms with Crippen LogP contribution in [0.5, 0.6) is 5.88 Å². The lowest BCUT2D eigenvalue weighted by molar-refractivity contribution is 0.103. The van der Waals surface area contributed by atoms with Gasteiger partial charge in [0.1, 0.15) is 12.4 Å². The lowest BCUT2D eigenvalue weighted by Crippen LogP contribution is -2.23. The van der Waals surface area contributed by atoms with E-state index in [0.717, 1.165) is 29.0 Å². The Kier molecular flexibility index (Phi) is 7.36. The van der Waals surface area contributed by atoms with Gasteiger partial charge in [0, 0.05) is 43.4 Å². The van der Waals surface area contributed by atoms with Crippen LogP contribution in [0, 0.1) is 6.92 Å². The van der Waals surface area contributed by atoms with Gasteiger partial charge in [-0.25, -0.2) is 9.97 Å². The van der Waals surface area contributed by atoms with Crippen molar-refractivity contribution in [1.82, 2.24) is 19.4 Å². The summed E-state index contributed by atoms with van der Waals surface area (Å²) < 4.78 is 7.22. The van der Waals surface area contributed by atoms with Gasteiger partial charge in [-0.05, 0) is 50.7 Å². The Morgan fingerprint density at radius 1 is 1.00 bits per heavy atom. The van der Waals surface area contributed by atoms with Crippen LogP contribution in [0.25, 0.3) is 10.9 Å². The second kappa shape index (κ2) is 10.6. The van der Waals surface area contributed by atoms with Crippen molar-refractivity contribution in [3.63, 3.8) is 0 Å². The zero-order valence-electron chi connectivity index (χ0n) is 20.6. The summed E-state index contributed by atoms with van der Waals surface area (Å²) in [5.74, 6) is 1.16. The number of nitrogens with zero attached hydrogens (tertiary/aromatic N) is 4. The number of hydrogen-bond donors (Lipinski definition) is 0. The number of aromatic nitrogens is 3. The zero-order valence-corrected chi connectivity index (χ0v) is 20.6. The molecule has 0 N–H and O–H groups in total. The summed E-state index contributed by atoms with van der Waals surface area (Å²) in [6.07, 6.45) is 2.89. The number of fused-ring (bicyclic) bond motifs is 1. The van der Waals surface area contributed by atoms with Crippen molar-refractivity contribution in [2.24, 2.45) is 7.05 Å². The molecule has 0 saturated heterocycles. The third-order valence-corrected chi connectivity index (χ3v) is 6.05. The fourth-order valence-corrected chi connectivity index (χ4v) is 3.92. The van der Waals surface area contributed by atoms with Gasteiger partial charge in [0.15, 0.2) is 5.78 Å². The van der Waals surface area contributed by atoms with E-state index in [4.69, 9.17) is 9.72 Å². The normalized spacial score (nSPS) is 11.2. The van der Waals surface area contributed by atoms with Crippen LogP contribution in [0.4, 0.5) is 0 Å². The number of rotatable bonds is 9. The van der Waals surface area contributed by atoms with Gasteiger partial charge in [-0.2, -0.15) is 0 Å². The number of aryl methyl sites for hydroxylation is 3. The Labute approximate surface area is 205 Å². The first-order chi connectivity index (χ1) is 16.8. The molecule has 0 unspecified atom stereocenters. The zero-order chi connectivity index (χ0) is 24.9. The van der Waals surface area contributed by atoms with Gasteiger partial charge >= 0.3 is 0 Å². The molecule has 0 radical (unpaired) electrons. The van der Waals surface area contributed by atoms with E-state index in [-0.39, 0.29) is 11.3 Å². The molecule has 0 spiro atoms. The first-order valence-electron chi connectivity index (χ1n) is 11.7. The fraction of sp³-hybridized carbons (Fsp3) is 0.286. The Morgan fingerprint density at radius 2 is 1.74 bits per heavy atom. The first-order valence-corrected chi connectivity index (χ1v) is 11.7. The van der Waals surface area contributed by atoms with Crippen molar-refractivity contribution in [2.75, 3.05) is 27.2 Å². The molecule has 4 rings (SSSR count). The van der Waals surface area contributed by atoms with Gasteiger partial charge in [-0.15, -0.1) is 0 Å². The number of ether oxygens (including phenoxy) is 1. The minimum Gasteiger partial charge on any atom is -0.476 e. The number of carbonyl (C=O) groups is 1. The van der Waals surface area contributed by atoms with Crippen LogP contribution in [-0.2, 0) is 19.9 Å². The SMILES string of the molecule is Cc1cccc2nc(CCc3ccc(C(=O)c4ccc(OCCN(C)C)nc4)cc3)n(C)c(=O)c12. The van der Waals surface area contributed by atoms with E-state index in [9.17, 15) is 9.59 Å². The summed E-state index contributed by atoms with van der Waals surface area (Å²) in [6.45, 7) is 3.26. The molecule has 2 aromatic carbocycles. The number of carbonyl (C=O) groups excluding carboxylic acids is 1. The second-order valence-electron chi connectivity index (χ2n) is 8.92. The Morgan fingerprint density at radius 3 is 2.43 bits per heavy atom. The molecule has 0 aliphatic heterocycles. The van der Waals surface area contributed by atoms with Crippen molar-refractivity contribution < 1.29 is 9.53 Å². The summed E-state index contributed by atoms with van der Waals surface area (Å²) in [5, 5.41) is 0.671. The van der Waals surface area contributed by atoms with Crippen molar-refractivity contribution in [3.05, 3.63) is 99.2 Å². The number of hydrogen-bond acceptors (Lipinski definition) is 6. The van der Waals surface area contributed by atoms with E-state index < -0.39 is 0 Å². The highest BCUT2D eigenvalue weighted by Crippen LogP contribution is 2.16. The maximum absolute atomic E-state index is 12.9. The maximum Gasteiger partial charge on any atom is 0.261 e. The number of benzene rings is 2. The molecule has 35 heavy (non-hydrogen) atoms. The predicted molar refractivity (Wildman–Crippen MR) is 137 cm³/mol. The topological polar surface area (TPSA) is 77.3 Å². The minimum absolute atomic E-state index is 0.0215. The van der Waals surface area contributed by atoms with Gasteiger partial charge in [0.25, 0.3) is 5.56 Å². The monoisotopic (exact) mass is 470 g/mol. The standard InChI is InChI=1S/C28H30N4O3/c1-19-6-5-7-23-26(19)28(34)32(4)24(30-23)14-10-20-8-11-21(12-9-20)27(33)22-13-15-25(29-18-22)35-17-16-31(2)3/h5-9,11-13,15,18H,10,14,16-17H2,1-4H3. The van der Waals surface area contributed by atoms with Gasteiger partial charge in [0.05, 0.1) is 10.9 Å². The number of ketones is 1. The van der Waals surface area contributed by atoms with E-state index in [1.54, 1.807) is 29.9 Å². The molecule has 0 aliphatic carbocycles.